The first-order chi connectivity index (χ1) is 16.8. The number of methoxy groups -OCH3 is 1. The Morgan fingerprint density at radius 2 is 1.71 bits per heavy atom. The Bertz CT molecular complexity index is 1250. The fraction of sp³-hybridized carbons (Fsp3) is 0.125. The number of nitrogens with one attached hydrogen (secondary N) is 2. The highest BCUT2D eigenvalue weighted by molar-refractivity contribution is 6.32. The Kier molecular flexibility index (Phi) is 8.36. The average Bonchev–Trinajstić information content (AvgIpc) is 2.87. The Balaban J connectivity index is 1.72. The molecule has 0 aromatic heterocycles. The summed E-state index contributed by atoms with van der Waals surface area (Å²) in [6.45, 7) is -0.514. The van der Waals surface area contributed by atoms with Gasteiger partial charge in [0.05, 0.1) is 17.6 Å². The number of ether oxygens (including phenoxy) is 2. The third kappa shape index (κ3) is 6.55. The van der Waals surface area contributed by atoms with E-state index < -0.39 is 41.0 Å². The fourth-order valence-electron chi connectivity index (χ4n) is 3.09. The Morgan fingerprint density at radius 1 is 1.03 bits per heavy atom. The lowest BCUT2D eigenvalue weighted by atomic mass is 10.1. The monoisotopic (exact) mass is 497 g/mol. The zero-order valence-electron chi connectivity index (χ0n) is 18.4. The van der Waals surface area contributed by atoms with Gasteiger partial charge in [-0.1, -0.05) is 54.1 Å². The van der Waals surface area contributed by atoms with E-state index in [1.165, 1.54) is 25.3 Å². The molecule has 35 heavy (non-hydrogen) atoms. The van der Waals surface area contributed by atoms with E-state index in [1.807, 2.05) is 0 Å². The van der Waals surface area contributed by atoms with Crippen molar-refractivity contribution in [2.45, 2.75) is 6.10 Å². The van der Waals surface area contributed by atoms with Crippen LogP contribution in [0.3, 0.4) is 0 Å². The molecule has 0 radical (unpaired) electrons. The summed E-state index contributed by atoms with van der Waals surface area (Å²) in [5, 5.41) is 16.0. The van der Waals surface area contributed by atoms with E-state index in [0.29, 0.717) is 11.3 Å². The maximum absolute atomic E-state index is 13.0. The van der Waals surface area contributed by atoms with E-state index in [0.717, 1.165) is 6.07 Å². The van der Waals surface area contributed by atoms with Crippen LogP contribution in [0.4, 0.5) is 11.4 Å². The molecule has 0 aliphatic carbocycles. The van der Waals surface area contributed by atoms with E-state index in [-0.39, 0.29) is 16.3 Å². The second-order valence-electron chi connectivity index (χ2n) is 7.08. The van der Waals surface area contributed by atoms with Crippen LogP contribution in [0.15, 0.2) is 72.8 Å². The van der Waals surface area contributed by atoms with Gasteiger partial charge in [-0.3, -0.25) is 24.5 Å². The highest BCUT2D eigenvalue weighted by Gasteiger charge is 2.26. The van der Waals surface area contributed by atoms with E-state index in [2.05, 4.69) is 10.6 Å². The van der Waals surface area contributed by atoms with Crippen molar-refractivity contribution >= 4 is 40.8 Å². The third-order valence-electron chi connectivity index (χ3n) is 4.75. The van der Waals surface area contributed by atoms with Gasteiger partial charge in [0.25, 0.3) is 17.5 Å². The normalized spacial score (nSPS) is 11.1. The summed E-state index contributed by atoms with van der Waals surface area (Å²) in [5.41, 5.74) is 0.284. The first-order valence-corrected chi connectivity index (χ1v) is 10.6. The van der Waals surface area contributed by atoms with E-state index >= 15 is 0 Å². The summed E-state index contributed by atoms with van der Waals surface area (Å²) in [4.78, 5) is 48.3. The minimum absolute atomic E-state index is 0.0903. The van der Waals surface area contributed by atoms with Crippen LogP contribution >= 0.6 is 11.6 Å². The molecule has 180 valence electrons. The number of hydrogen-bond donors (Lipinski definition) is 2. The lowest BCUT2D eigenvalue weighted by molar-refractivity contribution is -0.384. The highest BCUT2D eigenvalue weighted by Crippen LogP contribution is 2.28. The van der Waals surface area contributed by atoms with Crippen LogP contribution in [0.25, 0.3) is 0 Å². The molecule has 3 rings (SSSR count). The Labute approximate surface area is 205 Å². The number of carbonyl (C=O) groups excluding carboxylic acids is 3. The lowest BCUT2D eigenvalue weighted by Crippen LogP contribution is -2.33. The average molecular weight is 498 g/mol. The van der Waals surface area contributed by atoms with Crippen molar-refractivity contribution in [2.75, 3.05) is 19.0 Å². The molecule has 1 unspecified atom stereocenters. The molecule has 1 atom stereocenters. The molecule has 0 aliphatic rings. The van der Waals surface area contributed by atoms with E-state index in [1.54, 1.807) is 48.5 Å². The SMILES string of the molecule is COc1ccccc1C(=O)NCC(=O)OC(C(=O)Nc1ccc(Cl)c([N+](=O)[O-])c1)c1ccccc1. The van der Waals surface area contributed by atoms with Gasteiger partial charge >= 0.3 is 5.97 Å². The number of nitro groups is 1. The van der Waals surface area contributed by atoms with Crippen molar-refractivity contribution in [1.82, 2.24) is 5.32 Å². The van der Waals surface area contributed by atoms with Crippen LogP contribution in [0.2, 0.25) is 5.02 Å². The van der Waals surface area contributed by atoms with Crippen molar-refractivity contribution in [3.63, 3.8) is 0 Å². The van der Waals surface area contributed by atoms with Crippen LogP contribution in [0.5, 0.6) is 5.75 Å². The molecular weight excluding hydrogens is 478 g/mol. The number of hydrogen-bond acceptors (Lipinski definition) is 7. The Hall–Kier alpha value is -4.44. The van der Waals surface area contributed by atoms with E-state index in [9.17, 15) is 24.5 Å². The van der Waals surface area contributed by atoms with Crippen molar-refractivity contribution in [2.24, 2.45) is 0 Å². The maximum Gasteiger partial charge on any atom is 0.326 e. The summed E-state index contributed by atoms with van der Waals surface area (Å²) in [7, 11) is 1.42. The number of anilines is 1. The number of amides is 2. The molecule has 10 nitrogen and oxygen atoms in total. The van der Waals surface area contributed by atoms with Gasteiger partial charge in [0.1, 0.15) is 17.3 Å². The van der Waals surface area contributed by atoms with Crippen LogP contribution in [0.1, 0.15) is 22.0 Å². The molecule has 0 fully saturated rings. The number of nitrogens with zero attached hydrogens (tertiary/aromatic N) is 1. The number of nitro benzene ring substituents is 1. The lowest BCUT2D eigenvalue weighted by Gasteiger charge is -2.18. The van der Waals surface area contributed by atoms with Gasteiger partial charge in [-0.25, -0.2) is 0 Å². The van der Waals surface area contributed by atoms with Gasteiger partial charge < -0.3 is 20.1 Å². The van der Waals surface area contributed by atoms with Crippen molar-refractivity contribution in [3.05, 3.63) is 99.1 Å². The number of halogens is 1. The minimum atomic E-state index is -1.39. The summed E-state index contributed by atoms with van der Waals surface area (Å²) in [5.74, 6) is -1.86. The standard InChI is InChI=1S/C24H20ClN3O7/c1-34-20-10-6-5-9-17(20)23(30)26-14-21(29)35-22(15-7-3-2-4-8-15)24(31)27-16-11-12-18(25)19(13-16)28(32)33/h2-13,22H,14H2,1H3,(H,26,30)(H,27,31). The van der Waals surface area contributed by atoms with Gasteiger partial charge in [-0.05, 0) is 24.3 Å². The number of esters is 1. The first kappa shape index (κ1) is 25.2. The zero-order valence-corrected chi connectivity index (χ0v) is 19.2. The molecular formula is C24H20ClN3O7. The summed E-state index contributed by atoms with van der Waals surface area (Å²) < 4.78 is 10.5. The number of carbonyl (C=O) groups is 3. The first-order valence-electron chi connectivity index (χ1n) is 10.2. The molecule has 2 N–H and O–H groups in total. The predicted octanol–water partition coefficient (Wildman–Crippen LogP) is 3.91. The number of benzene rings is 3. The molecule has 0 saturated heterocycles. The van der Waals surface area contributed by atoms with Crippen LogP contribution < -0.4 is 15.4 Å². The van der Waals surface area contributed by atoms with Gasteiger partial charge in [0.15, 0.2) is 0 Å². The quantitative estimate of drug-likeness (QED) is 0.260. The van der Waals surface area contributed by atoms with Crippen LogP contribution in [-0.2, 0) is 14.3 Å². The topological polar surface area (TPSA) is 137 Å². The molecule has 0 heterocycles. The molecule has 2 amide bonds. The van der Waals surface area contributed by atoms with Gasteiger partial charge in [-0.2, -0.15) is 0 Å². The summed E-state index contributed by atoms with van der Waals surface area (Å²) in [6, 6.07) is 18.4. The molecule has 11 heteroatoms. The number of para-hydroxylation sites is 1. The maximum atomic E-state index is 13.0. The van der Waals surface area contributed by atoms with Gasteiger partial charge in [0, 0.05) is 17.3 Å². The van der Waals surface area contributed by atoms with E-state index in [4.69, 9.17) is 21.1 Å². The minimum Gasteiger partial charge on any atom is -0.496 e. The molecule has 0 aliphatic heterocycles. The fourth-order valence-corrected chi connectivity index (χ4v) is 3.28. The molecule has 3 aromatic carbocycles. The highest BCUT2D eigenvalue weighted by atomic mass is 35.5. The molecule has 0 spiro atoms. The zero-order chi connectivity index (χ0) is 25.4. The largest absolute Gasteiger partial charge is 0.496 e. The second kappa shape index (κ2) is 11.6. The number of rotatable bonds is 9. The second-order valence-corrected chi connectivity index (χ2v) is 7.48. The van der Waals surface area contributed by atoms with Gasteiger partial charge in [-0.15, -0.1) is 0 Å². The third-order valence-corrected chi connectivity index (χ3v) is 5.06. The van der Waals surface area contributed by atoms with Crippen LogP contribution in [-0.4, -0.2) is 36.4 Å². The molecule has 0 saturated carbocycles. The summed E-state index contributed by atoms with van der Waals surface area (Å²) in [6.07, 6.45) is -1.39. The Morgan fingerprint density at radius 3 is 2.40 bits per heavy atom. The smallest absolute Gasteiger partial charge is 0.326 e. The summed E-state index contributed by atoms with van der Waals surface area (Å²) >= 11 is 5.81. The molecule has 0 bridgehead atoms. The van der Waals surface area contributed by atoms with Crippen molar-refractivity contribution in [1.29, 1.82) is 0 Å². The predicted molar refractivity (Wildman–Crippen MR) is 127 cm³/mol. The molecule has 3 aromatic rings. The van der Waals surface area contributed by atoms with Crippen molar-refractivity contribution < 1.29 is 28.8 Å². The van der Waals surface area contributed by atoms with Crippen molar-refractivity contribution in [3.8, 4) is 5.75 Å². The van der Waals surface area contributed by atoms with Crippen LogP contribution in [0, 0.1) is 10.1 Å². The van der Waals surface area contributed by atoms with Gasteiger partial charge in [0.2, 0.25) is 6.10 Å².